The van der Waals surface area contributed by atoms with Gasteiger partial charge in [-0.15, -0.1) is 13.2 Å². The van der Waals surface area contributed by atoms with E-state index in [1.807, 2.05) is 18.2 Å². The Hall–Kier alpha value is -3.03. The van der Waals surface area contributed by atoms with Crippen LogP contribution in [0, 0.1) is 0 Å². The smallest absolute Gasteiger partial charge is 0.406 e. The summed E-state index contributed by atoms with van der Waals surface area (Å²) in [6.45, 7) is 0.181. The Kier molecular flexibility index (Phi) is 4.60. The molecule has 0 aliphatic rings. The van der Waals surface area contributed by atoms with E-state index in [4.69, 9.17) is 4.52 Å². The molecular formula is C17H13F3N2O3. The number of aromatic nitrogens is 1. The Bertz CT molecular complexity index is 873. The standard InChI is InChI=1S/C17H13F3N2O3/c18-17(19,20)24-12-7-5-11(6-8-12)10-21-16(23)9-14-13-3-1-2-4-15(13)25-22-14/h1-8H,9-10H2,(H,21,23). The lowest BCUT2D eigenvalue weighted by Crippen LogP contribution is -2.24. The number of rotatable bonds is 5. The predicted molar refractivity (Wildman–Crippen MR) is 82.7 cm³/mol. The Morgan fingerprint density at radius 2 is 1.84 bits per heavy atom. The second kappa shape index (κ2) is 6.84. The van der Waals surface area contributed by atoms with Gasteiger partial charge in [-0.25, -0.2) is 0 Å². The SMILES string of the molecule is O=C(Cc1noc2ccccc12)NCc1ccc(OC(F)(F)F)cc1. The number of para-hydroxylation sites is 1. The highest BCUT2D eigenvalue weighted by Crippen LogP contribution is 2.22. The zero-order valence-electron chi connectivity index (χ0n) is 12.8. The van der Waals surface area contributed by atoms with Gasteiger partial charge in [-0.05, 0) is 29.8 Å². The van der Waals surface area contributed by atoms with E-state index in [0.717, 1.165) is 5.39 Å². The van der Waals surface area contributed by atoms with Crippen LogP contribution in [0.1, 0.15) is 11.3 Å². The number of hydrogen-bond donors (Lipinski definition) is 1. The molecule has 0 bridgehead atoms. The second-order valence-corrected chi connectivity index (χ2v) is 5.27. The van der Waals surface area contributed by atoms with Crippen molar-refractivity contribution in [3.8, 4) is 5.75 Å². The average molecular weight is 350 g/mol. The molecule has 3 aromatic rings. The predicted octanol–water partition coefficient (Wildman–Crippen LogP) is 3.59. The van der Waals surface area contributed by atoms with Gasteiger partial charge < -0.3 is 14.6 Å². The van der Waals surface area contributed by atoms with Gasteiger partial charge in [0.15, 0.2) is 5.58 Å². The number of amides is 1. The zero-order valence-corrected chi connectivity index (χ0v) is 12.8. The van der Waals surface area contributed by atoms with Crippen LogP contribution in [0.25, 0.3) is 11.0 Å². The van der Waals surface area contributed by atoms with Crippen molar-refractivity contribution in [3.63, 3.8) is 0 Å². The van der Waals surface area contributed by atoms with Crippen LogP contribution in [0.3, 0.4) is 0 Å². The maximum absolute atomic E-state index is 12.1. The summed E-state index contributed by atoms with van der Waals surface area (Å²) in [4.78, 5) is 12.0. The van der Waals surface area contributed by atoms with Gasteiger partial charge in [0, 0.05) is 11.9 Å². The van der Waals surface area contributed by atoms with Crippen LogP contribution in [-0.4, -0.2) is 17.4 Å². The van der Waals surface area contributed by atoms with Gasteiger partial charge in [0.2, 0.25) is 5.91 Å². The number of hydrogen-bond acceptors (Lipinski definition) is 4. The molecule has 0 radical (unpaired) electrons. The topological polar surface area (TPSA) is 64.4 Å². The van der Waals surface area contributed by atoms with Gasteiger partial charge in [-0.3, -0.25) is 4.79 Å². The summed E-state index contributed by atoms with van der Waals surface area (Å²) in [7, 11) is 0. The Morgan fingerprint density at radius 1 is 1.12 bits per heavy atom. The van der Waals surface area contributed by atoms with Crippen molar-refractivity contribution in [1.82, 2.24) is 10.5 Å². The summed E-state index contributed by atoms with van der Waals surface area (Å²) in [6.07, 6.45) is -4.68. The van der Waals surface area contributed by atoms with Gasteiger partial charge in [0.1, 0.15) is 11.4 Å². The first-order valence-corrected chi connectivity index (χ1v) is 7.35. The van der Waals surface area contributed by atoms with E-state index in [1.165, 1.54) is 24.3 Å². The summed E-state index contributed by atoms with van der Waals surface area (Å²) >= 11 is 0. The van der Waals surface area contributed by atoms with Gasteiger partial charge >= 0.3 is 6.36 Å². The molecule has 1 amide bonds. The molecule has 5 nitrogen and oxygen atoms in total. The minimum atomic E-state index is -4.73. The van der Waals surface area contributed by atoms with Gasteiger partial charge in [0.25, 0.3) is 0 Å². The first-order valence-electron chi connectivity index (χ1n) is 7.35. The third kappa shape index (κ3) is 4.50. The summed E-state index contributed by atoms with van der Waals surface area (Å²) in [5.74, 6) is -0.577. The lowest BCUT2D eigenvalue weighted by atomic mass is 10.1. The number of carbonyl (C=O) groups excluding carboxylic acids is 1. The molecule has 0 spiro atoms. The number of benzene rings is 2. The van der Waals surface area contributed by atoms with Crippen molar-refractivity contribution < 1.29 is 27.2 Å². The molecule has 1 heterocycles. The number of carbonyl (C=O) groups is 1. The Morgan fingerprint density at radius 3 is 2.56 bits per heavy atom. The first kappa shape index (κ1) is 16.8. The molecule has 0 aliphatic heterocycles. The molecule has 2 aromatic carbocycles. The van der Waals surface area contributed by atoms with Crippen LogP contribution in [-0.2, 0) is 17.8 Å². The fraction of sp³-hybridized carbons (Fsp3) is 0.176. The molecule has 0 unspecified atom stereocenters. The number of alkyl halides is 3. The lowest BCUT2D eigenvalue weighted by molar-refractivity contribution is -0.274. The summed E-state index contributed by atoms with van der Waals surface area (Å²) in [6, 6.07) is 12.5. The number of nitrogens with one attached hydrogen (secondary N) is 1. The molecule has 0 fully saturated rings. The van der Waals surface area contributed by atoms with Gasteiger partial charge in [-0.1, -0.05) is 29.4 Å². The van der Waals surface area contributed by atoms with E-state index in [0.29, 0.717) is 16.8 Å². The molecule has 1 N–H and O–H groups in total. The maximum Gasteiger partial charge on any atom is 0.573 e. The highest BCUT2D eigenvalue weighted by Gasteiger charge is 2.30. The van der Waals surface area contributed by atoms with Gasteiger partial charge in [0.05, 0.1) is 6.42 Å². The third-order valence-corrected chi connectivity index (χ3v) is 3.43. The second-order valence-electron chi connectivity index (χ2n) is 5.27. The van der Waals surface area contributed by atoms with Crippen LogP contribution in [0.4, 0.5) is 13.2 Å². The van der Waals surface area contributed by atoms with Crippen molar-refractivity contribution >= 4 is 16.9 Å². The molecular weight excluding hydrogens is 337 g/mol. The van der Waals surface area contributed by atoms with E-state index in [2.05, 4.69) is 15.2 Å². The third-order valence-electron chi connectivity index (χ3n) is 3.43. The molecule has 130 valence electrons. The van der Waals surface area contributed by atoms with Crippen molar-refractivity contribution in [1.29, 1.82) is 0 Å². The highest BCUT2D eigenvalue weighted by atomic mass is 19.4. The molecule has 0 aliphatic carbocycles. The maximum atomic E-state index is 12.1. The molecule has 0 saturated heterocycles. The molecule has 0 saturated carbocycles. The van der Waals surface area contributed by atoms with Crippen molar-refractivity contribution in [2.75, 3.05) is 0 Å². The zero-order chi connectivity index (χ0) is 17.9. The number of fused-ring (bicyclic) bond motifs is 1. The number of nitrogens with zero attached hydrogens (tertiary/aromatic N) is 1. The quantitative estimate of drug-likeness (QED) is 0.764. The van der Waals surface area contributed by atoms with Crippen molar-refractivity contribution in [2.45, 2.75) is 19.3 Å². The highest BCUT2D eigenvalue weighted by molar-refractivity contribution is 5.86. The minimum absolute atomic E-state index is 0.0479. The van der Waals surface area contributed by atoms with Crippen LogP contribution in [0.5, 0.6) is 5.75 Å². The Labute approximate surface area is 140 Å². The van der Waals surface area contributed by atoms with Crippen LogP contribution in [0.15, 0.2) is 53.1 Å². The van der Waals surface area contributed by atoms with Crippen LogP contribution >= 0.6 is 0 Å². The summed E-state index contributed by atoms with van der Waals surface area (Å²) in [5.41, 5.74) is 1.78. The van der Waals surface area contributed by atoms with Gasteiger partial charge in [-0.2, -0.15) is 0 Å². The van der Waals surface area contributed by atoms with Crippen molar-refractivity contribution in [3.05, 3.63) is 59.8 Å². The normalized spacial score (nSPS) is 11.5. The van der Waals surface area contributed by atoms with E-state index >= 15 is 0 Å². The van der Waals surface area contributed by atoms with Crippen LogP contribution in [0.2, 0.25) is 0 Å². The number of ether oxygens (including phenoxy) is 1. The van der Waals surface area contributed by atoms with E-state index in [1.54, 1.807) is 6.07 Å². The summed E-state index contributed by atoms with van der Waals surface area (Å²) < 4.78 is 45.2. The fourth-order valence-electron chi connectivity index (χ4n) is 2.29. The molecule has 0 atom stereocenters. The monoisotopic (exact) mass is 350 g/mol. The first-order chi connectivity index (χ1) is 11.9. The molecule has 3 rings (SSSR count). The van der Waals surface area contributed by atoms with Crippen molar-refractivity contribution in [2.24, 2.45) is 0 Å². The van der Waals surface area contributed by atoms with E-state index < -0.39 is 6.36 Å². The largest absolute Gasteiger partial charge is 0.573 e. The van der Waals surface area contributed by atoms with E-state index in [-0.39, 0.29) is 24.6 Å². The molecule has 8 heteroatoms. The molecule has 25 heavy (non-hydrogen) atoms. The molecule has 1 aromatic heterocycles. The average Bonchev–Trinajstić information content (AvgIpc) is 2.96. The Balaban J connectivity index is 1.55. The van der Waals surface area contributed by atoms with E-state index in [9.17, 15) is 18.0 Å². The summed E-state index contributed by atoms with van der Waals surface area (Å²) in [5, 5.41) is 7.33. The fourth-order valence-corrected chi connectivity index (χ4v) is 2.29. The van der Waals surface area contributed by atoms with Crippen LogP contribution < -0.4 is 10.1 Å². The number of halogens is 3. The minimum Gasteiger partial charge on any atom is -0.406 e. The lowest BCUT2D eigenvalue weighted by Gasteiger charge is -2.09.